The fourth-order valence-electron chi connectivity index (χ4n) is 1.47. The first-order chi connectivity index (χ1) is 8.51. The monoisotopic (exact) mass is 281 g/mol. The van der Waals surface area contributed by atoms with Gasteiger partial charge in [0.15, 0.2) is 0 Å². The zero-order chi connectivity index (χ0) is 13.3. The number of nitriles is 1. The molecule has 0 amide bonds. The van der Waals surface area contributed by atoms with Gasteiger partial charge in [-0.25, -0.2) is 9.37 Å². The summed E-state index contributed by atoms with van der Waals surface area (Å²) < 4.78 is 13.3. The molecule has 6 heteroatoms. The molecule has 90 valence electrons. The fourth-order valence-corrected chi connectivity index (χ4v) is 1.94. The smallest absolute Gasteiger partial charge is 0.143 e. The van der Waals surface area contributed by atoms with E-state index < -0.39 is 5.82 Å². The summed E-state index contributed by atoms with van der Waals surface area (Å²) in [5, 5.41) is 9.25. The second-order valence-corrected chi connectivity index (χ2v) is 4.34. The van der Waals surface area contributed by atoms with Crippen molar-refractivity contribution >= 4 is 29.0 Å². The van der Waals surface area contributed by atoms with Crippen molar-refractivity contribution in [3.05, 3.63) is 45.7 Å². The molecule has 0 saturated carbocycles. The summed E-state index contributed by atoms with van der Waals surface area (Å²) in [6, 6.07) is 7.11. The first-order valence-corrected chi connectivity index (χ1v) is 5.59. The maximum atomic E-state index is 13.3. The van der Waals surface area contributed by atoms with E-state index in [2.05, 4.69) is 4.98 Å². The number of halogens is 3. The molecule has 1 heterocycles. The largest absolute Gasteiger partial charge is 0.382 e. The average Bonchev–Trinajstić information content (AvgIpc) is 2.33. The molecule has 0 radical (unpaired) electrons. The third-order valence-corrected chi connectivity index (χ3v) is 2.85. The molecule has 0 unspecified atom stereocenters. The number of anilines is 1. The van der Waals surface area contributed by atoms with Gasteiger partial charge in [-0.15, -0.1) is 0 Å². The summed E-state index contributed by atoms with van der Waals surface area (Å²) in [5.74, 6) is -0.450. The van der Waals surface area contributed by atoms with Crippen LogP contribution in [0.25, 0.3) is 11.3 Å². The second kappa shape index (κ2) is 4.81. The molecule has 2 aromatic rings. The Balaban J connectivity index is 2.66. The second-order valence-electron chi connectivity index (χ2n) is 3.53. The van der Waals surface area contributed by atoms with Crippen LogP contribution >= 0.6 is 23.2 Å². The lowest BCUT2D eigenvalue weighted by Gasteiger charge is -2.07. The standard InChI is InChI=1S/C12H6Cl2FN3/c13-9-4-10(14)12(17)18-11(9)7-1-6(5-16)2-8(15)3-7/h1-4H,(H2,17,18). The van der Waals surface area contributed by atoms with Crippen LogP contribution < -0.4 is 5.73 Å². The number of aromatic nitrogens is 1. The number of pyridine rings is 1. The van der Waals surface area contributed by atoms with Gasteiger partial charge in [-0.05, 0) is 24.3 Å². The number of rotatable bonds is 1. The van der Waals surface area contributed by atoms with Crippen LogP contribution in [0.4, 0.5) is 10.2 Å². The maximum Gasteiger partial charge on any atom is 0.143 e. The van der Waals surface area contributed by atoms with Crippen molar-refractivity contribution in [2.45, 2.75) is 0 Å². The summed E-state index contributed by atoms with van der Waals surface area (Å²) in [6.07, 6.45) is 0. The Kier molecular flexibility index (Phi) is 3.37. The van der Waals surface area contributed by atoms with Crippen molar-refractivity contribution in [3.8, 4) is 17.3 Å². The number of nitrogens with zero attached hydrogens (tertiary/aromatic N) is 2. The van der Waals surface area contributed by atoms with Gasteiger partial charge in [0.2, 0.25) is 0 Å². The van der Waals surface area contributed by atoms with Crippen molar-refractivity contribution in [3.63, 3.8) is 0 Å². The summed E-state index contributed by atoms with van der Waals surface area (Å²) in [5.41, 5.74) is 6.41. The van der Waals surface area contributed by atoms with Gasteiger partial charge in [0, 0.05) is 5.56 Å². The molecular weight excluding hydrogens is 276 g/mol. The Morgan fingerprint density at radius 1 is 1.17 bits per heavy atom. The maximum absolute atomic E-state index is 13.3. The normalized spacial score (nSPS) is 10.1. The molecule has 18 heavy (non-hydrogen) atoms. The van der Waals surface area contributed by atoms with Crippen LogP contribution in [-0.2, 0) is 0 Å². The molecule has 2 N–H and O–H groups in total. The van der Waals surface area contributed by atoms with Crippen LogP contribution in [-0.4, -0.2) is 4.98 Å². The first kappa shape index (κ1) is 12.6. The van der Waals surface area contributed by atoms with Crippen molar-refractivity contribution in [2.24, 2.45) is 0 Å². The SMILES string of the molecule is N#Cc1cc(F)cc(-c2nc(N)c(Cl)cc2Cl)c1. The Hall–Kier alpha value is -1.83. The molecule has 2 rings (SSSR count). The fraction of sp³-hybridized carbons (Fsp3) is 0. The average molecular weight is 282 g/mol. The van der Waals surface area contributed by atoms with E-state index in [1.54, 1.807) is 0 Å². The van der Waals surface area contributed by atoms with Crippen LogP contribution in [0.3, 0.4) is 0 Å². The van der Waals surface area contributed by atoms with Gasteiger partial charge in [0.25, 0.3) is 0 Å². The quantitative estimate of drug-likeness (QED) is 0.868. The van der Waals surface area contributed by atoms with Crippen molar-refractivity contribution in [1.82, 2.24) is 4.98 Å². The van der Waals surface area contributed by atoms with E-state index in [0.717, 1.165) is 6.07 Å². The zero-order valence-electron chi connectivity index (χ0n) is 8.92. The number of nitrogens with two attached hydrogens (primary N) is 1. The predicted octanol–water partition coefficient (Wildman–Crippen LogP) is 3.65. The minimum Gasteiger partial charge on any atom is -0.382 e. The predicted molar refractivity (Wildman–Crippen MR) is 68.8 cm³/mol. The highest BCUT2D eigenvalue weighted by molar-refractivity contribution is 6.37. The third kappa shape index (κ3) is 2.37. The summed E-state index contributed by atoms with van der Waals surface area (Å²) in [4.78, 5) is 4.00. The topological polar surface area (TPSA) is 62.7 Å². The highest BCUT2D eigenvalue weighted by atomic mass is 35.5. The number of hydrogen-bond donors (Lipinski definition) is 1. The van der Waals surface area contributed by atoms with E-state index in [0.29, 0.717) is 5.56 Å². The van der Waals surface area contributed by atoms with Crippen LogP contribution in [0.1, 0.15) is 5.56 Å². The molecule has 0 spiro atoms. The molecule has 0 aliphatic carbocycles. The van der Waals surface area contributed by atoms with Gasteiger partial charge in [-0.1, -0.05) is 23.2 Å². The molecule has 0 atom stereocenters. The molecule has 0 saturated heterocycles. The molecule has 0 aliphatic heterocycles. The molecule has 0 bridgehead atoms. The first-order valence-electron chi connectivity index (χ1n) is 4.84. The number of hydrogen-bond acceptors (Lipinski definition) is 3. The van der Waals surface area contributed by atoms with Crippen LogP contribution in [0.15, 0.2) is 24.3 Å². The van der Waals surface area contributed by atoms with E-state index in [1.165, 1.54) is 18.2 Å². The van der Waals surface area contributed by atoms with Gasteiger partial charge >= 0.3 is 0 Å². The Bertz CT molecular complexity index is 665. The minimum absolute atomic E-state index is 0.0961. The molecule has 1 aromatic carbocycles. The lowest BCUT2D eigenvalue weighted by atomic mass is 10.1. The Labute approximate surface area is 113 Å². The number of benzene rings is 1. The van der Waals surface area contributed by atoms with Gasteiger partial charge in [-0.3, -0.25) is 0 Å². The summed E-state index contributed by atoms with van der Waals surface area (Å²) in [7, 11) is 0. The van der Waals surface area contributed by atoms with Crippen LogP contribution in [0.2, 0.25) is 10.0 Å². The van der Waals surface area contributed by atoms with E-state index in [1.807, 2.05) is 6.07 Å². The van der Waals surface area contributed by atoms with Crippen LogP contribution in [0.5, 0.6) is 0 Å². The Morgan fingerprint density at radius 2 is 1.89 bits per heavy atom. The molecule has 3 nitrogen and oxygen atoms in total. The Morgan fingerprint density at radius 3 is 2.56 bits per heavy atom. The van der Waals surface area contributed by atoms with Crippen molar-refractivity contribution in [1.29, 1.82) is 5.26 Å². The van der Waals surface area contributed by atoms with E-state index in [4.69, 9.17) is 34.2 Å². The summed E-state index contributed by atoms with van der Waals surface area (Å²) in [6.45, 7) is 0. The van der Waals surface area contributed by atoms with Gasteiger partial charge < -0.3 is 5.73 Å². The van der Waals surface area contributed by atoms with Gasteiger partial charge in [0.05, 0.1) is 27.4 Å². The van der Waals surface area contributed by atoms with Crippen LogP contribution in [0, 0.1) is 17.1 Å². The minimum atomic E-state index is -0.546. The zero-order valence-corrected chi connectivity index (χ0v) is 10.4. The molecule has 0 aliphatic rings. The highest BCUT2D eigenvalue weighted by Gasteiger charge is 2.11. The highest BCUT2D eigenvalue weighted by Crippen LogP contribution is 2.31. The molecule has 1 aromatic heterocycles. The van der Waals surface area contributed by atoms with Gasteiger partial charge in [-0.2, -0.15) is 5.26 Å². The lowest BCUT2D eigenvalue weighted by molar-refractivity contribution is 0.628. The molecule has 0 fully saturated rings. The van der Waals surface area contributed by atoms with E-state index in [-0.39, 0.29) is 27.1 Å². The van der Waals surface area contributed by atoms with Gasteiger partial charge in [0.1, 0.15) is 11.6 Å². The molecular formula is C12H6Cl2FN3. The van der Waals surface area contributed by atoms with E-state index in [9.17, 15) is 4.39 Å². The lowest BCUT2D eigenvalue weighted by Crippen LogP contribution is -1.95. The summed E-state index contributed by atoms with van der Waals surface area (Å²) >= 11 is 11.7. The van der Waals surface area contributed by atoms with Crippen molar-refractivity contribution in [2.75, 3.05) is 5.73 Å². The number of nitrogen functional groups attached to an aromatic ring is 1. The van der Waals surface area contributed by atoms with E-state index >= 15 is 0 Å². The third-order valence-electron chi connectivity index (χ3n) is 2.26. The van der Waals surface area contributed by atoms with Crippen molar-refractivity contribution < 1.29 is 4.39 Å².